The van der Waals surface area contributed by atoms with E-state index < -0.39 is 0 Å². The maximum absolute atomic E-state index is 3.80. The summed E-state index contributed by atoms with van der Waals surface area (Å²) in [4.78, 5) is 0. The van der Waals surface area contributed by atoms with Crippen LogP contribution in [0.25, 0.3) is 0 Å². The standard InChI is InChI=1S/C12H23NS/c1-3-10-4-5-11-12(8-10)14-7-6-9(2)13-11/h9-13H,3-8H2,1-2H3. The van der Waals surface area contributed by atoms with Gasteiger partial charge in [-0.3, -0.25) is 0 Å². The summed E-state index contributed by atoms with van der Waals surface area (Å²) >= 11 is 2.23. The van der Waals surface area contributed by atoms with Crippen LogP contribution in [0.15, 0.2) is 0 Å². The van der Waals surface area contributed by atoms with Crippen molar-refractivity contribution >= 4 is 11.8 Å². The first-order valence-electron chi connectivity index (χ1n) is 6.17. The summed E-state index contributed by atoms with van der Waals surface area (Å²) in [5, 5.41) is 4.72. The lowest BCUT2D eigenvalue weighted by atomic mass is 9.84. The molecule has 1 aliphatic carbocycles. The molecular weight excluding hydrogens is 190 g/mol. The van der Waals surface area contributed by atoms with E-state index in [2.05, 4.69) is 30.9 Å². The Morgan fingerprint density at radius 2 is 2.14 bits per heavy atom. The Balaban J connectivity index is 1.94. The fourth-order valence-corrected chi connectivity index (χ4v) is 4.45. The van der Waals surface area contributed by atoms with Crippen LogP contribution >= 0.6 is 11.8 Å². The maximum atomic E-state index is 3.80. The van der Waals surface area contributed by atoms with Gasteiger partial charge in [-0.25, -0.2) is 0 Å². The highest BCUT2D eigenvalue weighted by Gasteiger charge is 2.32. The molecule has 1 saturated heterocycles. The molecule has 0 spiro atoms. The summed E-state index contributed by atoms with van der Waals surface area (Å²) in [5.41, 5.74) is 0. The van der Waals surface area contributed by atoms with Gasteiger partial charge in [-0.15, -0.1) is 0 Å². The van der Waals surface area contributed by atoms with Gasteiger partial charge in [0.05, 0.1) is 0 Å². The van der Waals surface area contributed by atoms with Gasteiger partial charge in [0.15, 0.2) is 0 Å². The highest BCUT2D eigenvalue weighted by Crippen LogP contribution is 2.36. The summed E-state index contributed by atoms with van der Waals surface area (Å²) < 4.78 is 0. The zero-order valence-electron chi connectivity index (χ0n) is 9.46. The van der Waals surface area contributed by atoms with Gasteiger partial charge in [0.1, 0.15) is 0 Å². The molecular formula is C12H23NS. The number of nitrogens with one attached hydrogen (secondary N) is 1. The van der Waals surface area contributed by atoms with Crippen LogP contribution in [0.1, 0.15) is 46.0 Å². The maximum Gasteiger partial charge on any atom is 0.0203 e. The number of fused-ring (bicyclic) bond motifs is 1. The third kappa shape index (κ3) is 2.46. The van der Waals surface area contributed by atoms with Gasteiger partial charge in [0, 0.05) is 17.3 Å². The van der Waals surface area contributed by atoms with Crippen LogP contribution in [0.2, 0.25) is 0 Å². The highest BCUT2D eigenvalue weighted by atomic mass is 32.2. The van der Waals surface area contributed by atoms with Crippen molar-refractivity contribution in [1.29, 1.82) is 0 Å². The van der Waals surface area contributed by atoms with Gasteiger partial charge >= 0.3 is 0 Å². The third-order valence-corrected chi connectivity index (χ3v) is 5.28. The Bertz CT molecular complexity index is 183. The fourth-order valence-electron chi connectivity index (χ4n) is 2.80. The monoisotopic (exact) mass is 213 g/mol. The van der Waals surface area contributed by atoms with E-state index in [1.165, 1.54) is 37.9 Å². The predicted octanol–water partition coefficient (Wildman–Crippen LogP) is 3.05. The molecule has 0 aromatic carbocycles. The van der Waals surface area contributed by atoms with Gasteiger partial charge in [-0.05, 0) is 44.3 Å². The molecule has 2 aliphatic rings. The quantitative estimate of drug-likeness (QED) is 0.718. The molecule has 0 amide bonds. The van der Waals surface area contributed by atoms with E-state index in [1.54, 1.807) is 0 Å². The molecule has 1 nitrogen and oxygen atoms in total. The average Bonchev–Trinajstić information content (AvgIpc) is 2.37. The van der Waals surface area contributed by atoms with Crippen LogP contribution in [0.4, 0.5) is 0 Å². The molecule has 1 N–H and O–H groups in total. The van der Waals surface area contributed by atoms with Gasteiger partial charge in [-0.2, -0.15) is 11.8 Å². The Morgan fingerprint density at radius 3 is 2.93 bits per heavy atom. The molecule has 82 valence electrons. The van der Waals surface area contributed by atoms with E-state index in [4.69, 9.17) is 0 Å². The first-order valence-corrected chi connectivity index (χ1v) is 7.22. The number of rotatable bonds is 1. The first-order chi connectivity index (χ1) is 6.79. The van der Waals surface area contributed by atoms with Crippen molar-refractivity contribution in [2.24, 2.45) is 5.92 Å². The summed E-state index contributed by atoms with van der Waals surface area (Å²) in [7, 11) is 0. The second-order valence-electron chi connectivity index (χ2n) is 4.96. The van der Waals surface area contributed by atoms with Crippen molar-refractivity contribution in [3.05, 3.63) is 0 Å². The summed E-state index contributed by atoms with van der Waals surface area (Å²) in [6.07, 6.45) is 7.08. The van der Waals surface area contributed by atoms with Crippen LogP contribution in [-0.4, -0.2) is 23.1 Å². The fraction of sp³-hybridized carbons (Fsp3) is 1.00. The van der Waals surface area contributed by atoms with Crippen molar-refractivity contribution in [2.45, 2.75) is 63.3 Å². The average molecular weight is 213 g/mol. The normalized spacial score (nSPS) is 44.1. The van der Waals surface area contributed by atoms with E-state index in [0.29, 0.717) is 0 Å². The number of hydrogen-bond acceptors (Lipinski definition) is 2. The van der Waals surface area contributed by atoms with E-state index in [-0.39, 0.29) is 0 Å². The number of thioether (sulfide) groups is 1. The molecule has 0 aromatic heterocycles. The molecule has 2 rings (SSSR count). The van der Waals surface area contributed by atoms with Gasteiger partial charge < -0.3 is 5.32 Å². The molecule has 0 radical (unpaired) electrons. The SMILES string of the molecule is CCC1CCC2NC(C)CCSC2C1. The van der Waals surface area contributed by atoms with Crippen molar-refractivity contribution < 1.29 is 0 Å². The van der Waals surface area contributed by atoms with Crippen molar-refractivity contribution in [3.8, 4) is 0 Å². The lowest BCUT2D eigenvalue weighted by Crippen LogP contribution is -2.44. The number of hydrogen-bond donors (Lipinski definition) is 1. The van der Waals surface area contributed by atoms with Crippen LogP contribution in [0.5, 0.6) is 0 Å². The Kier molecular flexibility index (Phi) is 3.78. The minimum Gasteiger partial charge on any atom is -0.310 e. The van der Waals surface area contributed by atoms with Crippen LogP contribution < -0.4 is 5.32 Å². The second-order valence-corrected chi connectivity index (χ2v) is 6.31. The van der Waals surface area contributed by atoms with E-state index >= 15 is 0 Å². The zero-order chi connectivity index (χ0) is 9.97. The highest BCUT2D eigenvalue weighted by molar-refractivity contribution is 7.99. The molecule has 0 aromatic rings. The zero-order valence-corrected chi connectivity index (χ0v) is 10.3. The smallest absolute Gasteiger partial charge is 0.0203 e. The van der Waals surface area contributed by atoms with Gasteiger partial charge in [-0.1, -0.05) is 13.3 Å². The minimum atomic E-state index is 0.746. The summed E-state index contributed by atoms with van der Waals surface area (Å²) in [6, 6.07) is 1.57. The largest absolute Gasteiger partial charge is 0.310 e. The molecule has 14 heavy (non-hydrogen) atoms. The topological polar surface area (TPSA) is 12.0 Å². The molecule has 1 heterocycles. The summed E-state index contributed by atoms with van der Waals surface area (Å²) in [6.45, 7) is 4.69. The molecule has 1 saturated carbocycles. The molecule has 2 fully saturated rings. The third-order valence-electron chi connectivity index (χ3n) is 3.86. The first kappa shape index (κ1) is 10.8. The lowest BCUT2D eigenvalue weighted by molar-refractivity contribution is 0.284. The van der Waals surface area contributed by atoms with Crippen molar-refractivity contribution in [2.75, 3.05) is 5.75 Å². The van der Waals surface area contributed by atoms with Crippen molar-refractivity contribution in [3.63, 3.8) is 0 Å². The second kappa shape index (κ2) is 4.89. The lowest BCUT2D eigenvalue weighted by Gasteiger charge is -2.35. The molecule has 0 bridgehead atoms. The van der Waals surface area contributed by atoms with Gasteiger partial charge in [0.25, 0.3) is 0 Å². The molecule has 2 heteroatoms. The Hall–Kier alpha value is 0.310. The Labute approximate surface area is 92.4 Å². The predicted molar refractivity (Wildman–Crippen MR) is 64.9 cm³/mol. The molecule has 1 aliphatic heterocycles. The van der Waals surface area contributed by atoms with Crippen LogP contribution in [0, 0.1) is 5.92 Å². The van der Waals surface area contributed by atoms with Crippen molar-refractivity contribution in [1.82, 2.24) is 5.32 Å². The molecule has 4 atom stereocenters. The van der Waals surface area contributed by atoms with Crippen LogP contribution in [-0.2, 0) is 0 Å². The van der Waals surface area contributed by atoms with E-state index in [1.807, 2.05) is 0 Å². The Morgan fingerprint density at radius 1 is 1.29 bits per heavy atom. The minimum absolute atomic E-state index is 0.746. The van der Waals surface area contributed by atoms with E-state index in [0.717, 1.165) is 23.3 Å². The van der Waals surface area contributed by atoms with Gasteiger partial charge in [0.2, 0.25) is 0 Å². The molecule has 4 unspecified atom stereocenters. The van der Waals surface area contributed by atoms with E-state index in [9.17, 15) is 0 Å². The summed E-state index contributed by atoms with van der Waals surface area (Å²) in [5.74, 6) is 2.38. The van der Waals surface area contributed by atoms with Crippen LogP contribution in [0.3, 0.4) is 0 Å².